The Hall–Kier alpha value is -1.45. The quantitative estimate of drug-likeness (QED) is 0.772. The highest BCUT2D eigenvalue weighted by Crippen LogP contribution is 2.22. The van der Waals surface area contributed by atoms with E-state index in [1.807, 2.05) is 19.4 Å². The molecule has 1 unspecified atom stereocenters. The van der Waals surface area contributed by atoms with E-state index in [4.69, 9.17) is 0 Å². The first kappa shape index (κ1) is 14.0. The van der Waals surface area contributed by atoms with Gasteiger partial charge in [0.2, 0.25) is 0 Å². The van der Waals surface area contributed by atoms with E-state index < -0.39 is 10.0 Å². The molecule has 0 spiro atoms. The molecule has 104 valence electrons. The van der Waals surface area contributed by atoms with Gasteiger partial charge >= 0.3 is 0 Å². The molecular weight excluding hydrogens is 286 g/mol. The summed E-state index contributed by atoms with van der Waals surface area (Å²) in [7, 11) is -1.83. The van der Waals surface area contributed by atoms with Crippen LogP contribution >= 0.6 is 11.3 Å². The lowest BCUT2D eigenvalue weighted by molar-refractivity contribution is 0.598. The zero-order valence-electron chi connectivity index (χ0n) is 10.8. The molecule has 0 saturated carbocycles. The number of hydrogen-bond acceptors (Lipinski definition) is 6. The first-order valence-electron chi connectivity index (χ1n) is 5.59. The van der Waals surface area contributed by atoms with Gasteiger partial charge in [-0.2, -0.15) is 8.42 Å². The monoisotopic (exact) mass is 301 g/mol. The van der Waals surface area contributed by atoms with E-state index in [-0.39, 0.29) is 11.1 Å². The van der Waals surface area contributed by atoms with E-state index >= 15 is 0 Å². The molecule has 0 aliphatic heterocycles. The third-order valence-corrected chi connectivity index (χ3v) is 4.74. The molecular formula is C10H15N5O2S2. The number of aryl methyl sites for hydroxylation is 1. The maximum atomic E-state index is 12.0. The summed E-state index contributed by atoms with van der Waals surface area (Å²) in [6.45, 7) is 3.64. The number of H-pyrrole nitrogens is 1. The Morgan fingerprint density at radius 3 is 2.79 bits per heavy atom. The van der Waals surface area contributed by atoms with Crippen LogP contribution in [-0.2, 0) is 10.0 Å². The lowest BCUT2D eigenvalue weighted by atomic mass is 10.3. The van der Waals surface area contributed by atoms with E-state index in [0.717, 1.165) is 5.69 Å². The number of aromatic nitrogens is 3. The molecule has 0 amide bonds. The number of nitrogens with zero attached hydrogens (tertiary/aromatic N) is 2. The fraction of sp³-hybridized carbons (Fsp3) is 0.400. The Morgan fingerprint density at radius 2 is 2.21 bits per heavy atom. The lowest BCUT2D eigenvalue weighted by Crippen LogP contribution is -2.15. The second kappa shape index (κ2) is 5.27. The van der Waals surface area contributed by atoms with Gasteiger partial charge in [-0.3, -0.25) is 4.72 Å². The predicted octanol–water partition coefficient (Wildman–Crippen LogP) is 1.26. The minimum Gasteiger partial charge on any atom is -0.332 e. The Balaban J connectivity index is 2.19. The van der Waals surface area contributed by atoms with Crippen molar-refractivity contribution in [3.05, 3.63) is 23.1 Å². The molecule has 1 atom stereocenters. The molecule has 0 bridgehead atoms. The summed E-state index contributed by atoms with van der Waals surface area (Å²) in [5.74, 6) is 0.545. The van der Waals surface area contributed by atoms with Crippen LogP contribution in [0.15, 0.2) is 16.6 Å². The van der Waals surface area contributed by atoms with E-state index in [2.05, 4.69) is 25.0 Å². The molecule has 2 aromatic rings. The van der Waals surface area contributed by atoms with Crippen molar-refractivity contribution in [2.75, 3.05) is 11.8 Å². The third kappa shape index (κ3) is 3.11. The van der Waals surface area contributed by atoms with Crippen LogP contribution in [0.3, 0.4) is 0 Å². The molecule has 0 saturated heterocycles. The van der Waals surface area contributed by atoms with Crippen molar-refractivity contribution < 1.29 is 8.42 Å². The molecule has 3 N–H and O–H groups in total. The predicted molar refractivity (Wildman–Crippen MR) is 73.7 cm³/mol. The molecule has 2 heterocycles. The molecule has 7 nitrogen and oxygen atoms in total. The van der Waals surface area contributed by atoms with Gasteiger partial charge in [-0.1, -0.05) is 0 Å². The summed E-state index contributed by atoms with van der Waals surface area (Å²) < 4.78 is 26.5. The van der Waals surface area contributed by atoms with Crippen LogP contribution in [0.1, 0.15) is 24.5 Å². The van der Waals surface area contributed by atoms with Crippen molar-refractivity contribution in [1.82, 2.24) is 20.3 Å². The normalized spacial score (nSPS) is 13.4. The summed E-state index contributed by atoms with van der Waals surface area (Å²) in [5, 5.41) is 5.23. The van der Waals surface area contributed by atoms with Gasteiger partial charge in [-0.05, 0) is 20.9 Å². The van der Waals surface area contributed by atoms with Crippen molar-refractivity contribution in [1.29, 1.82) is 0 Å². The number of nitrogens with one attached hydrogen (secondary N) is 3. The largest absolute Gasteiger partial charge is 0.332 e. The van der Waals surface area contributed by atoms with Crippen LogP contribution in [0.4, 0.5) is 5.13 Å². The maximum Gasteiger partial charge on any atom is 0.280 e. The molecule has 2 rings (SSSR count). The van der Waals surface area contributed by atoms with E-state index in [0.29, 0.717) is 11.0 Å². The fourth-order valence-electron chi connectivity index (χ4n) is 1.38. The smallest absolute Gasteiger partial charge is 0.280 e. The summed E-state index contributed by atoms with van der Waals surface area (Å²) >= 11 is 1.25. The summed E-state index contributed by atoms with van der Waals surface area (Å²) in [4.78, 5) is 10.8. The SMILES string of the molecule is CNC(C)c1csc(NS(=O)(=O)c2cnc(C)[nH]2)n1. The van der Waals surface area contributed by atoms with Crippen LogP contribution in [0.2, 0.25) is 0 Å². The fourth-order valence-corrected chi connectivity index (χ4v) is 3.41. The van der Waals surface area contributed by atoms with Crippen molar-refractivity contribution in [2.24, 2.45) is 0 Å². The first-order chi connectivity index (χ1) is 8.92. The number of aromatic amines is 1. The zero-order chi connectivity index (χ0) is 14.0. The van der Waals surface area contributed by atoms with Crippen molar-refractivity contribution in [3.8, 4) is 0 Å². The van der Waals surface area contributed by atoms with E-state index in [1.165, 1.54) is 17.5 Å². The van der Waals surface area contributed by atoms with Gasteiger partial charge in [0.25, 0.3) is 10.0 Å². The summed E-state index contributed by atoms with van der Waals surface area (Å²) in [5.41, 5.74) is 0.797. The van der Waals surface area contributed by atoms with Crippen LogP contribution in [0, 0.1) is 6.92 Å². The Kier molecular flexibility index (Phi) is 3.88. The molecule has 2 aromatic heterocycles. The summed E-state index contributed by atoms with van der Waals surface area (Å²) in [6.07, 6.45) is 1.28. The van der Waals surface area contributed by atoms with Crippen LogP contribution in [-0.4, -0.2) is 30.4 Å². The van der Waals surface area contributed by atoms with Gasteiger partial charge in [0, 0.05) is 11.4 Å². The molecule has 0 fully saturated rings. The Morgan fingerprint density at radius 1 is 1.47 bits per heavy atom. The van der Waals surface area contributed by atoms with Crippen molar-refractivity contribution in [2.45, 2.75) is 24.9 Å². The van der Waals surface area contributed by atoms with Crippen molar-refractivity contribution >= 4 is 26.5 Å². The number of thiazole rings is 1. The van der Waals surface area contributed by atoms with Gasteiger partial charge < -0.3 is 10.3 Å². The highest BCUT2D eigenvalue weighted by atomic mass is 32.2. The number of imidazole rings is 1. The van der Waals surface area contributed by atoms with Crippen LogP contribution in [0.25, 0.3) is 0 Å². The van der Waals surface area contributed by atoms with Gasteiger partial charge in [0.05, 0.1) is 11.9 Å². The second-order valence-corrected chi connectivity index (χ2v) is 6.54. The highest BCUT2D eigenvalue weighted by molar-refractivity contribution is 7.92. The molecule has 9 heteroatoms. The highest BCUT2D eigenvalue weighted by Gasteiger charge is 2.19. The average molecular weight is 301 g/mol. The van der Waals surface area contributed by atoms with Gasteiger partial charge in [-0.25, -0.2) is 9.97 Å². The van der Waals surface area contributed by atoms with E-state index in [1.54, 1.807) is 6.92 Å². The number of sulfonamides is 1. The third-order valence-electron chi connectivity index (χ3n) is 2.59. The number of rotatable bonds is 5. The molecule has 0 radical (unpaired) electrons. The maximum absolute atomic E-state index is 12.0. The minimum absolute atomic E-state index is 0.0309. The topological polar surface area (TPSA) is 99.8 Å². The minimum atomic E-state index is -3.65. The van der Waals surface area contributed by atoms with Crippen LogP contribution in [0.5, 0.6) is 0 Å². The first-order valence-corrected chi connectivity index (χ1v) is 7.96. The number of hydrogen-bond donors (Lipinski definition) is 3. The van der Waals surface area contributed by atoms with Gasteiger partial charge in [-0.15, -0.1) is 11.3 Å². The Bertz CT molecular complexity index is 661. The summed E-state index contributed by atoms with van der Waals surface area (Å²) in [6, 6.07) is 0.0731. The average Bonchev–Trinajstić information content (AvgIpc) is 2.97. The lowest BCUT2D eigenvalue weighted by Gasteiger charge is -2.05. The number of anilines is 1. The second-order valence-electron chi connectivity index (χ2n) is 4.03. The molecule has 0 aromatic carbocycles. The van der Waals surface area contributed by atoms with Gasteiger partial charge in [0.15, 0.2) is 10.2 Å². The van der Waals surface area contributed by atoms with Crippen LogP contribution < -0.4 is 10.0 Å². The van der Waals surface area contributed by atoms with E-state index in [9.17, 15) is 8.42 Å². The molecule has 19 heavy (non-hydrogen) atoms. The molecule has 0 aliphatic rings. The molecule has 0 aliphatic carbocycles. The van der Waals surface area contributed by atoms with Crippen molar-refractivity contribution in [3.63, 3.8) is 0 Å². The standard InChI is InChI=1S/C10H15N5O2S2/c1-6(11-3)8-5-18-10(14-8)15-19(16,17)9-4-12-7(2)13-9/h4-6,11H,1-3H3,(H,12,13)(H,14,15). The zero-order valence-corrected chi connectivity index (χ0v) is 12.4. The Labute approximate surface area is 115 Å². The van der Waals surface area contributed by atoms with Gasteiger partial charge in [0.1, 0.15) is 5.82 Å².